The first-order valence-corrected chi connectivity index (χ1v) is 8.95. The number of nitrogens with zero attached hydrogens (tertiary/aromatic N) is 5. The molecule has 0 bridgehead atoms. The summed E-state index contributed by atoms with van der Waals surface area (Å²) >= 11 is 0. The van der Waals surface area contributed by atoms with Gasteiger partial charge < -0.3 is 25.3 Å². The number of benzene rings is 1. The summed E-state index contributed by atoms with van der Waals surface area (Å²) in [6, 6.07) is 6.03. The number of carbonyl (C=O) groups excluding carboxylic acids is 1. The van der Waals surface area contributed by atoms with Gasteiger partial charge >= 0.3 is 6.09 Å². The first kappa shape index (κ1) is 18.7. The van der Waals surface area contributed by atoms with Crippen LogP contribution >= 0.6 is 0 Å². The second-order valence-corrected chi connectivity index (χ2v) is 6.66. The summed E-state index contributed by atoms with van der Waals surface area (Å²) in [5.74, 6) is 2.09. The van der Waals surface area contributed by atoms with Crippen molar-refractivity contribution >= 4 is 23.1 Å². The van der Waals surface area contributed by atoms with Crippen LogP contribution in [0.15, 0.2) is 18.2 Å². The summed E-state index contributed by atoms with van der Waals surface area (Å²) in [6.45, 7) is 4.34. The van der Waals surface area contributed by atoms with Gasteiger partial charge in [0, 0.05) is 18.7 Å². The Labute approximate surface area is 157 Å². The van der Waals surface area contributed by atoms with Gasteiger partial charge in [0.1, 0.15) is 5.82 Å². The Morgan fingerprint density at radius 2 is 2.07 bits per heavy atom. The number of aryl methyl sites for hydroxylation is 1. The average Bonchev–Trinajstić information content (AvgIpc) is 3.13. The van der Waals surface area contributed by atoms with E-state index in [-0.39, 0.29) is 6.04 Å². The van der Waals surface area contributed by atoms with E-state index in [0.29, 0.717) is 12.6 Å². The minimum atomic E-state index is -0.739. The van der Waals surface area contributed by atoms with Crippen LogP contribution in [0.4, 0.5) is 10.7 Å². The average molecular weight is 371 g/mol. The quantitative estimate of drug-likeness (QED) is 0.614. The predicted octanol–water partition coefficient (Wildman–Crippen LogP) is 2.55. The number of para-hydroxylation sites is 1. The molecule has 0 aliphatic rings. The topological polar surface area (TPSA) is 127 Å². The van der Waals surface area contributed by atoms with Crippen molar-refractivity contribution in [2.75, 3.05) is 12.3 Å². The maximum atomic E-state index is 10.6. The number of rotatable bonds is 7. The summed E-state index contributed by atoms with van der Waals surface area (Å²) in [6.07, 6.45) is 1.74. The summed E-state index contributed by atoms with van der Waals surface area (Å²) in [7, 11) is 1.94. The molecular formula is C18H25N7O2. The predicted molar refractivity (Wildman–Crippen MR) is 103 cm³/mol. The molecule has 1 aromatic carbocycles. The van der Waals surface area contributed by atoms with Gasteiger partial charge in [0.05, 0.1) is 17.6 Å². The molecule has 0 saturated heterocycles. The molecule has 0 aliphatic carbocycles. The third kappa shape index (κ3) is 3.71. The minimum absolute atomic E-state index is 0.124. The van der Waals surface area contributed by atoms with Crippen molar-refractivity contribution in [3.8, 4) is 11.4 Å². The highest BCUT2D eigenvalue weighted by Crippen LogP contribution is 2.33. The Morgan fingerprint density at radius 1 is 1.30 bits per heavy atom. The monoisotopic (exact) mass is 371 g/mol. The number of anilines is 1. The molecule has 0 radical (unpaired) electrons. The molecule has 27 heavy (non-hydrogen) atoms. The normalized spacial score (nSPS) is 12.4. The minimum Gasteiger partial charge on any atom is -0.450 e. The molecule has 1 unspecified atom stereocenters. The molecule has 3 rings (SSSR count). The number of nitrogens with two attached hydrogens (primary N) is 2. The molecule has 2 aromatic heterocycles. The van der Waals surface area contributed by atoms with Crippen LogP contribution in [-0.2, 0) is 11.8 Å². The highest BCUT2D eigenvalue weighted by atomic mass is 16.5. The second-order valence-electron chi connectivity index (χ2n) is 6.66. The van der Waals surface area contributed by atoms with Crippen molar-refractivity contribution < 1.29 is 9.53 Å². The smallest absolute Gasteiger partial charge is 0.404 e. The van der Waals surface area contributed by atoms with Gasteiger partial charge in [0.25, 0.3) is 0 Å². The van der Waals surface area contributed by atoms with Gasteiger partial charge in [-0.05, 0) is 45.2 Å². The van der Waals surface area contributed by atoms with Gasteiger partial charge in [-0.15, -0.1) is 10.2 Å². The molecule has 144 valence electrons. The highest BCUT2D eigenvalue weighted by molar-refractivity contribution is 5.92. The Balaban J connectivity index is 1.90. The standard InChI is InChI=1S/C18H25N7O2/c1-11(7-4-5-10-27-18(20)26)25-15-13(16-23-22-12(2)24(16)3)8-6-9-14(15)21-17(25)19/h6,8-9,11H,4-5,7,10H2,1-3H3,(H2,19,21)(H2,20,26). The molecule has 2 heterocycles. The number of aromatic nitrogens is 5. The molecule has 4 N–H and O–H groups in total. The number of carbonyl (C=O) groups is 1. The Kier molecular flexibility index (Phi) is 5.29. The first-order chi connectivity index (χ1) is 12.9. The molecule has 9 heteroatoms. The molecule has 1 atom stereocenters. The van der Waals surface area contributed by atoms with E-state index in [2.05, 4.69) is 22.1 Å². The highest BCUT2D eigenvalue weighted by Gasteiger charge is 2.20. The SMILES string of the molecule is Cc1nnc(-c2cccc3nc(N)n(C(C)CCCCOC(N)=O)c23)n1C. The Bertz CT molecular complexity index is 960. The van der Waals surface area contributed by atoms with Crippen molar-refractivity contribution in [3.63, 3.8) is 0 Å². The van der Waals surface area contributed by atoms with E-state index in [4.69, 9.17) is 16.2 Å². The number of ether oxygens (including phenoxy) is 1. The van der Waals surface area contributed by atoms with Gasteiger partial charge in [-0.1, -0.05) is 6.07 Å². The zero-order chi connectivity index (χ0) is 19.6. The molecule has 0 aliphatic heterocycles. The van der Waals surface area contributed by atoms with Crippen LogP contribution in [0.1, 0.15) is 38.1 Å². The lowest BCUT2D eigenvalue weighted by molar-refractivity contribution is 0.154. The maximum absolute atomic E-state index is 10.6. The number of amides is 1. The fourth-order valence-electron chi connectivity index (χ4n) is 3.28. The second kappa shape index (κ2) is 7.65. The lowest BCUT2D eigenvalue weighted by Crippen LogP contribution is -2.14. The Hall–Kier alpha value is -3.10. The van der Waals surface area contributed by atoms with Crippen molar-refractivity contribution in [2.24, 2.45) is 12.8 Å². The van der Waals surface area contributed by atoms with Gasteiger partial charge in [-0.25, -0.2) is 9.78 Å². The van der Waals surface area contributed by atoms with Crippen molar-refractivity contribution in [3.05, 3.63) is 24.0 Å². The summed E-state index contributed by atoms with van der Waals surface area (Å²) in [5, 5.41) is 8.48. The fourth-order valence-corrected chi connectivity index (χ4v) is 3.28. The number of hydrogen-bond donors (Lipinski definition) is 2. The van der Waals surface area contributed by atoms with Crippen LogP contribution in [0.2, 0.25) is 0 Å². The largest absolute Gasteiger partial charge is 0.450 e. The van der Waals surface area contributed by atoms with E-state index in [9.17, 15) is 4.79 Å². The van der Waals surface area contributed by atoms with Gasteiger partial charge in [0.2, 0.25) is 5.95 Å². The van der Waals surface area contributed by atoms with Crippen LogP contribution in [0.5, 0.6) is 0 Å². The van der Waals surface area contributed by atoms with Gasteiger partial charge in [-0.2, -0.15) is 0 Å². The van der Waals surface area contributed by atoms with E-state index in [1.54, 1.807) is 0 Å². The number of nitrogen functional groups attached to an aromatic ring is 1. The van der Waals surface area contributed by atoms with Crippen molar-refractivity contribution in [2.45, 2.75) is 39.2 Å². The van der Waals surface area contributed by atoms with Crippen LogP contribution in [0, 0.1) is 6.92 Å². The number of hydrogen-bond acceptors (Lipinski definition) is 6. The number of fused-ring (bicyclic) bond motifs is 1. The summed E-state index contributed by atoms with van der Waals surface area (Å²) in [5.41, 5.74) is 13.9. The van der Waals surface area contributed by atoms with Crippen LogP contribution in [0.25, 0.3) is 22.4 Å². The summed E-state index contributed by atoms with van der Waals surface area (Å²) < 4.78 is 8.78. The van der Waals surface area contributed by atoms with Crippen molar-refractivity contribution in [1.82, 2.24) is 24.3 Å². The molecule has 9 nitrogen and oxygen atoms in total. The summed E-state index contributed by atoms with van der Waals surface area (Å²) in [4.78, 5) is 15.2. The molecule has 1 amide bonds. The molecule has 0 fully saturated rings. The number of unbranched alkanes of at least 4 members (excludes halogenated alkanes) is 1. The third-order valence-corrected chi connectivity index (χ3v) is 4.77. The van der Waals surface area contributed by atoms with Crippen molar-refractivity contribution in [1.29, 1.82) is 0 Å². The van der Waals surface area contributed by atoms with Crippen LogP contribution in [-0.4, -0.2) is 37.0 Å². The van der Waals surface area contributed by atoms with E-state index in [1.165, 1.54) is 0 Å². The number of primary amides is 1. The molecule has 3 aromatic rings. The fraction of sp³-hybridized carbons (Fsp3) is 0.444. The molecule has 0 saturated carbocycles. The maximum Gasteiger partial charge on any atom is 0.404 e. The first-order valence-electron chi connectivity index (χ1n) is 8.95. The lowest BCUT2D eigenvalue weighted by Gasteiger charge is -2.17. The third-order valence-electron chi connectivity index (χ3n) is 4.77. The zero-order valence-electron chi connectivity index (χ0n) is 15.8. The molecule has 0 spiro atoms. The zero-order valence-corrected chi connectivity index (χ0v) is 15.8. The lowest BCUT2D eigenvalue weighted by atomic mass is 10.1. The number of imidazole rings is 1. The molecular weight excluding hydrogens is 346 g/mol. The van der Waals surface area contributed by atoms with E-state index in [0.717, 1.165) is 47.5 Å². The van der Waals surface area contributed by atoms with E-state index < -0.39 is 6.09 Å². The van der Waals surface area contributed by atoms with E-state index in [1.807, 2.05) is 41.3 Å². The van der Waals surface area contributed by atoms with Crippen LogP contribution in [0.3, 0.4) is 0 Å². The Morgan fingerprint density at radius 3 is 2.74 bits per heavy atom. The van der Waals surface area contributed by atoms with Crippen LogP contribution < -0.4 is 11.5 Å². The van der Waals surface area contributed by atoms with Gasteiger partial charge in [-0.3, -0.25) is 0 Å². The van der Waals surface area contributed by atoms with E-state index >= 15 is 0 Å². The van der Waals surface area contributed by atoms with Gasteiger partial charge in [0.15, 0.2) is 5.82 Å².